The van der Waals surface area contributed by atoms with Crippen LogP contribution in [-0.4, -0.2) is 22.3 Å². The van der Waals surface area contributed by atoms with Gasteiger partial charge in [0.2, 0.25) is 0 Å². The number of carbonyl (C=O) groups is 1. The van der Waals surface area contributed by atoms with Crippen molar-refractivity contribution in [1.82, 2.24) is 0 Å². The maximum Gasteiger partial charge on any atom is 0.306 e. The molecule has 4 rings (SSSR count). The fourth-order valence-electron chi connectivity index (χ4n) is 7.68. The van der Waals surface area contributed by atoms with Crippen molar-refractivity contribution >= 4 is 5.97 Å². The quantitative estimate of drug-likeness (QED) is 0.716. The van der Waals surface area contributed by atoms with E-state index in [1.54, 1.807) is 0 Å². The Balaban J connectivity index is 1.63. The van der Waals surface area contributed by atoms with Crippen molar-refractivity contribution in [3.8, 4) is 0 Å². The lowest BCUT2D eigenvalue weighted by Gasteiger charge is -2.58. The first-order chi connectivity index (χ1) is 11.8. The number of carboxylic acids is 1. The van der Waals surface area contributed by atoms with Gasteiger partial charge in [-0.2, -0.15) is 0 Å². The standard InChI is InChI=1S/C22H34O3/c1-13(20(24)25)17-6-7-18-16-5-4-14-12-15(23)8-10-21(14,2)19(16)9-11-22(17,18)3/h4,13,15-19,23H,5-12H2,1-3H3,(H,24,25)/t13-,15+,16-,17-,18-,19-,21-,22+/m0/s1. The fraction of sp³-hybridized carbons (Fsp3) is 0.864. The fourth-order valence-corrected chi connectivity index (χ4v) is 7.68. The highest BCUT2D eigenvalue weighted by Crippen LogP contribution is 2.67. The number of hydrogen-bond donors (Lipinski definition) is 2. The molecule has 3 nitrogen and oxygen atoms in total. The molecule has 8 atom stereocenters. The van der Waals surface area contributed by atoms with Crippen molar-refractivity contribution in [3.63, 3.8) is 0 Å². The predicted octanol–water partition coefficient (Wildman–Crippen LogP) is 4.65. The molecule has 140 valence electrons. The van der Waals surface area contributed by atoms with Gasteiger partial charge in [0, 0.05) is 0 Å². The minimum absolute atomic E-state index is 0.142. The van der Waals surface area contributed by atoms with Crippen molar-refractivity contribution in [2.45, 2.75) is 78.2 Å². The lowest BCUT2D eigenvalue weighted by Crippen LogP contribution is -2.51. The van der Waals surface area contributed by atoms with Crippen LogP contribution >= 0.6 is 0 Å². The molecule has 0 radical (unpaired) electrons. The Morgan fingerprint density at radius 3 is 2.64 bits per heavy atom. The molecule has 0 aromatic heterocycles. The summed E-state index contributed by atoms with van der Waals surface area (Å²) in [6, 6.07) is 0. The summed E-state index contributed by atoms with van der Waals surface area (Å²) in [5.74, 6) is 1.63. The number of allylic oxidation sites excluding steroid dienone is 1. The minimum Gasteiger partial charge on any atom is -0.481 e. The summed E-state index contributed by atoms with van der Waals surface area (Å²) in [5, 5.41) is 19.7. The van der Waals surface area contributed by atoms with E-state index in [1.807, 2.05) is 6.92 Å². The smallest absolute Gasteiger partial charge is 0.306 e. The van der Waals surface area contributed by atoms with Crippen LogP contribution in [0.4, 0.5) is 0 Å². The SMILES string of the molecule is C[C@H](C(=O)O)[C@@H]1CC[C@H]2[C@@H]3CC=C4C[C@H](O)CC[C@]4(C)[C@H]3CC[C@@]21C. The van der Waals surface area contributed by atoms with Gasteiger partial charge in [0.05, 0.1) is 12.0 Å². The van der Waals surface area contributed by atoms with Crippen LogP contribution in [-0.2, 0) is 4.79 Å². The Bertz CT molecular complexity index is 596. The topological polar surface area (TPSA) is 57.5 Å². The van der Waals surface area contributed by atoms with E-state index in [0.717, 1.165) is 38.0 Å². The summed E-state index contributed by atoms with van der Waals surface area (Å²) in [4.78, 5) is 11.6. The second kappa shape index (κ2) is 5.84. The summed E-state index contributed by atoms with van der Waals surface area (Å²) >= 11 is 0. The normalized spacial score (nSPS) is 50.2. The Morgan fingerprint density at radius 1 is 1.16 bits per heavy atom. The number of aliphatic carboxylic acids is 1. The van der Waals surface area contributed by atoms with Gasteiger partial charge in [-0.05, 0) is 85.9 Å². The maximum absolute atomic E-state index is 11.6. The Labute approximate surface area is 151 Å². The summed E-state index contributed by atoms with van der Waals surface area (Å²) < 4.78 is 0. The summed E-state index contributed by atoms with van der Waals surface area (Å²) in [6.45, 7) is 6.78. The highest BCUT2D eigenvalue weighted by molar-refractivity contribution is 5.70. The second-order valence-corrected chi connectivity index (χ2v) is 10.0. The number of rotatable bonds is 2. The first-order valence-corrected chi connectivity index (χ1v) is 10.4. The molecule has 0 heterocycles. The number of aliphatic hydroxyl groups is 1. The van der Waals surface area contributed by atoms with Crippen LogP contribution in [0.15, 0.2) is 11.6 Å². The zero-order chi connectivity index (χ0) is 18.0. The molecule has 3 fully saturated rings. The van der Waals surface area contributed by atoms with Gasteiger partial charge in [-0.3, -0.25) is 4.79 Å². The molecule has 3 heteroatoms. The third-order valence-electron chi connectivity index (χ3n) is 9.14. The van der Waals surface area contributed by atoms with Gasteiger partial charge in [0.1, 0.15) is 0 Å². The molecule has 0 spiro atoms. The highest BCUT2D eigenvalue weighted by atomic mass is 16.4. The van der Waals surface area contributed by atoms with E-state index in [2.05, 4.69) is 19.9 Å². The van der Waals surface area contributed by atoms with Gasteiger partial charge < -0.3 is 10.2 Å². The molecule has 4 aliphatic carbocycles. The van der Waals surface area contributed by atoms with Crippen LogP contribution in [0.2, 0.25) is 0 Å². The van der Waals surface area contributed by atoms with Crippen LogP contribution < -0.4 is 0 Å². The van der Waals surface area contributed by atoms with Crippen molar-refractivity contribution in [3.05, 3.63) is 11.6 Å². The number of fused-ring (bicyclic) bond motifs is 5. The van der Waals surface area contributed by atoms with Gasteiger partial charge in [0.15, 0.2) is 0 Å². The minimum atomic E-state index is -0.618. The molecule has 0 aliphatic heterocycles. The maximum atomic E-state index is 11.6. The van der Waals surface area contributed by atoms with E-state index >= 15 is 0 Å². The lowest BCUT2D eigenvalue weighted by molar-refractivity contribution is -0.146. The molecule has 0 amide bonds. The average Bonchev–Trinajstić information content (AvgIpc) is 2.92. The van der Waals surface area contributed by atoms with Crippen molar-refractivity contribution < 1.29 is 15.0 Å². The molecule has 25 heavy (non-hydrogen) atoms. The van der Waals surface area contributed by atoms with Crippen molar-refractivity contribution in [1.29, 1.82) is 0 Å². The third-order valence-corrected chi connectivity index (χ3v) is 9.14. The van der Waals surface area contributed by atoms with Gasteiger partial charge in [-0.15, -0.1) is 0 Å². The Hall–Kier alpha value is -0.830. The molecule has 0 aromatic carbocycles. The zero-order valence-electron chi connectivity index (χ0n) is 16.0. The molecule has 2 N–H and O–H groups in total. The van der Waals surface area contributed by atoms with Crippen LogP contribution in [0.3, 0.4) is 0 Å². The van der Waals surface area contributed by atoms with Crippen molar-refractivity contribution in [2.75, 3.05) is 0 Å². The molecule has 3 saturated carbocycles. The molecule has 0 bridgehead atoms. The molecule has 4 aliphatic rings. The summed E-state index contributed by atoms with van der Waals surface area (Å²) in [6.07, 6.45) is 11.1. The summed E-state index contributed by atoms with van der Waals surface area (Å²) in [7, 11) is 0. The highest BCUT2D eigenvalue weighted by Gasteiger charge is 2.59. The van der Waals surface area contributed by atoms with E-state index in [9.17, 15) is 15.0 Å². The van der Waals surface area contributed by atoms with Crippen LogP contribution in [0, 0.1) is 40.4 Å². The van der Waals surface area contributed by atoms with E-state index in [-0.39, 0.29) is 22.9 Å². The van der Waals surface area contributed by atoms with E-state index < -0.39 is 5.97 Å². The number of carboxylic acid groups (broad SMARTS) is 1. The van der Waals surface area contributed by atoms with Crippen LogP contribution in [0.5, 0.6) is 0 Å². The largest absolute Gasteiger partial charge is 0.481 e. The molecular weight excluding hydrogens is 312 g/mol. The van der Waals surface area contributed by atoms with Crippen LogP contribution in [0.25, 0.3) is 0 Å². The van der Waals surface area contributed by atoms with Gasteiger partial charge in [0.25, 0.3) is 0 Å². The molecule has 0 aromatic rings. The van der Waals surface area contributed by atoms with E-state index in [0.29, 0.717) is 17.8 Å². The first-order valence-electron chi connectivity index (χ1n) is 10.4. The second-order valence-electron chi connectivity index (χ2n) is 10.0. The monoisotopic (exact) mass is 346 g/mol. The lowest BCUT2D eigenvalue weighted by atomic mass is 9.47. The molecule has 0 unspecified atom stereocenters. The third kappa shape index (κ3) is 2.44. The Kier molecular flexibility index (Phi) is 4.10. The summed E-state index contributed by atoms with van der Waals surface area (Å²) in [5.41, 5.74) is 2.00. The Morgan fingerprint density at radius 2 is 1.92 bits per heavy atom. The van der Waals surface area contributed by atoms with Crippen LogP contribution in [0.1, 0.15) is 72.1 Å². The zero-order valence-corrected chi connectivity index (χ0v) is 16.0. The van der Waals surface area contributed by atoms with Gasteiger partial charge >= 0.3 is 5.97 Å². The van der Waals surface area contributed by atoms with Gasteiger partial charge in [-0.1, -0.05) is 32.4 Å². The molecule has 0 saturated heterocycles. The molecular formula is C22H34O3. The van der Waals surface area contributed by atoms with Gasteiger partial charge in [-0.25, -0.2) is 0 Å². The number of hydrogen-bond acceptors (Lipinski definition) is 2. The first kappa shape index (κ1) is 17.6. The van der Waals surface area contributed by atoms with E-state index in [4.69, 9.17) is 0 Å². The van der Waals surface area contributed by atoms with E-state index in [1.165, 1.54) is 24.8 Å². The predicted molar refractivity (Wildman–Crippen MR) is 98.0 cm³/mol. The average molecular weight is 347 g/mol. The van der Waals surface area contributed by atoms with Crippen molar-refractivity contribution in [2.24, 2.45) is 40.4 Å². The number of aliphatic hydroxyl groups excluding tert-OH is 1.